The molecular formula is C20H19ClN4O7. The molecule has 0 saturated carbocycles. The third-order valence-corrected chi connectivity index (χ3v) is 5.24. The molecule has 1 atom stereocenters. The lowest BCUT2D eigenvalue weighted by atomic mass is 10.1. The molecule has 1 heterocycles. The highest BCUT2D eigenvalue weighted by Gasteiger charge is 2.26. The van der Waals surface area contributed by atoms with Crippen molar-refractivity contribution in [2.45, 2.75) is 25.9 Å². The van der Waals surface area contributed by atoms with Gasteiger partial charge in [-0.1, -0.05) is 11.6 Å². The highest BCUT2D eigenvalue weighted by molar-refractivity contribution is 6.34. The van der Waals surface area contributed by atoms with Gasteiger partial charge in [-0.2, -0.15) is 0 Å². The summed E-state index contributed by atoms with van der Waals surface area (Å²) in [7, 11) is 0. The standard InChI is InChI=1S/C20H19ClN4O7/c1-12(19(26)22-16-6-5-14(24(28)29)11-15(16)21)32-20(27)13-4-7-17(18(10-13)25(30)31)23-8-2-3-9-23/h4-7,10-12H,2-3,8-9H2,1H3,(H,22,26). The Kier molecular flexibility index (Phi) is 6.89. The molecule has 0 spiro atoms. The average molecular weight is 463 g/mol. The molecule has 0 aromatic heterocycles. The van der Waals surface area contributed by atoms with Crippen LogP contribution in [0.3, 0.4) is 0 Å². The lowest BCUT2D eigenvalue weighted by Gasteiger charge is -2.18. The third kappa shape index (κ3) is 5.11. The Labute approximate surface area is 187 Å². The van der Waals surface area contributed by atoms with E-state index < -0.39 is 27.8 Å². The molecule has 32 heavy (non-hydrogen) atoms. The smallest absolute Gasteiger partial charge is 0.339 e. The Bertz CT molecular complexity index is 1090. The van der Waals surface area contributed by atoms with E-state index in [1.165, 1.54) is 31.2 Å². The Morgan fingerprint density at radius 1 is 1.09 bits per heavy atom. The number of benzene rings is 2. The lowest BCUT2D eigenvalue weighted by molar-refractivity contribution is -0.384. The van der Waals surface area contributed by atoms with Crippen molar-refractivity contribution in [1.82, 2.24) is 0 Å². The largest absolute Gasteiger partial charge is 0.449 e. The zero-order chi connectivity index (χ0) is 23.4. The number of carbonyl (C=O) groups is 2. The predicted molar refractivity (Wildman–Crippen MR) is 116 cm³/mol. The number of non-ortho nitro benzene ring substituents is 1. The molecule has 12 heteroatoms. The normalized spacial score (nSPS) is 14.0. The predicted octanol–water partition coefficient (Wildman–Crippen LogP) is 3.94. The van der Waals surface area contributed by atoms with Crippen LogP contribution >= 0.6 is 11.6 Å². The van der Waals surface area contributed by atoms with E-state index in [0.29, 0.717) is 18.8 Å². The van der Waals surface area contributed by atoms with Crippen molar-refractivity contribution in [1.29, 1.82) is 0 Å². The molecule has 0 aliphatic carbocycles. The van der Waals surface area contributed by atoms with E-state index in [0.717, 1.165) is 25.0 Å². The zero-order valence-corrected chi connectivity index (χ0v) is 17.7. The first-order valence-corrected chi connectivity index (χ1v) is 10.0. The number of nitro groups is 2. The van der Waals surface area contributed by atoms with Gasteiger partial charge in [-0.05, 0) is 38.0 Å². The van der Waals surface area contributed by atoms with Crippen molar-refractivity contribution in [2.24, 2.45) is 0 Å². The minimum absolute atomic E-state index is 0.0563. The van der Waals surface area contributed by atoms with Gasteiger partial charge in [0.15, 0.2) is 6.10 Å². The molecule has 11 nitrogen and oxygen atoms in total. The van der Waals surface area contributed by atoms with Gasteiger partial charge in [0.2, 0.25) is 0 Å². The second-order valence-electron chi connectivity index (χ2n) is 7.11. The second kappa shape index (κ2) is 9.60. The SMILES string of the molecule is CC(OC(=O)c1ccc(N2CCCC2)c([N+](=O)[O-])c1)C(=O)Nc1ccc([N+](=O)[O-])cc1Cl. The fourth-order valence-electron chi connectivity index (χ4n) is 3.26. The van der Waals surface area contributed by atoms with Crippen LogP contribution in [0, 0.1) is 20.2 Å². The maximum absolute atomic E-state index is 12.5. The van der Waals surface area contributed by atoms with Crippen LogP contribution in [0.4, 0.5) is 22.7 Å². The number of rotatable bonds is 7. The fourth-order valence-corrected chi connectivity index (χ4v) is 3.48. The van der Waals surface area contributed by atoms with Crippen molar-refractivity contribution in [3.05, 3.63) is 67.2 Å². The number of hydrogen-bond donors (Lipinski definition) is 1. The first-order valence-electron chi connectivity index (χ1n) is 9.66. The quantitative estimate of drug-likeness (QED) is 0.370. The Balaban J connectivity index is 1.69. The van der Waals surface area contributed by atoms with E-state index >= 15 is 0 Å². The summed E-state index contributed by atoms with van der Waals surface area (Å²) in [6.07, 6.45) is 0.615. The number of halogens is 1. The number of esters is 1. The molecule has 2 aromatic rings. The minimum Gasteiger partial charge on any atom is -0.449 e. The van der Waals surface area contributed by atoms with Gasteiger partial charge in [0.1, 0.15) is 5.69 Å². The monoisotopic (exact) mass is 462 g/mol. The van der Waals surface area contributed by atoms with Crippen molar-refractivity contribution < 1.29 is 24.2 Å². The summed E-state index contributed by atoms with van der Waals surface area (Å²) in [5, 5.41) is 24.6. The molecule has 0 radical (unpaired) electrons. The molecule has 1 aliphatic rings. The first-order chi connectivity index (χ1) is 15.2. The number of anilines is 2. The number of hydrogen-bond acceptors (Lipinski definition) is 8. The molecule has 1 saturated heterocycles. The summed E-state index contributed by atoms with van der Waals surface area (Å²) in [4.78, 5) is 47.8. The highest BCUT2D eigenvalue weighted by Crippen LogP contribution is 2.32. The number of carbonyl (C=O) groups excluding carboxylic acids is 2. The summed E-state index contributed by atoms with van der Waals surface area (Å²) >= 11 is 5.94. The fraction of sp³-hybridized carbons (Fsp3) is 0.300. The number of ether oxygens (including phenoxy) is 1. The maximum atomic E-state index is 12.5. The van der Waals surface area contributed by atoms with Gasteiger partial charge in [0.25, 0.3) is 17.3 Å². The van der Waals surface area contributed by atoms with E-state index in [-0.39, 0.29) is 27.6 Å². The van der Waals surface area contributed by atoms with Crippen molar-refractivity contribution in [2.75, 3.05) is 23.3 Å². The molecular weight excluding hydrogens is 444 g/mol. The average Bonchev–Trinajstić information content (AvgIpc) is 3.29. The van der Waals surface area contributed by atoms with E-state index in [9.17, 15) is 29.8 Å². The highest BCUT2D eigenvalue weighted by atomic mass is 35.5. The van der Waals surface area contributed by atoms with E-state index in [1.807, 2.05) is 4.90 Å². The minimum atomic E-state index is -1.26. The van der Waals surface area contributed by atoms with Gasteiger partial charge in [-0.25, -0.2) is 4.79 Å². The topological polar surface area (TPSA) is 145 Å². The van der Waals surface area contributed by atoms with Crippen LogP contribution in [0.15, 0.2) is 36.4 Å². The molecule has 1 unspecified atom stereocenters. The molecule has 1 fully saturated rings. The van der Waals surface area contributed by atoms with E-state index in [1.54, 1.807) is 0 Å². The molecule has 0 bridgehead atoms. The van der Waals surface area contributed by atoms with Gasteiger partial charge in [-0.15, -0.1) is 0 Å². The Hall–Kier alpha value is -3.73. The first kappa shape index (κ1) is 22.9. The summed E-state index contributed by atoms with van der Waals surface area (Å²) in [6.45, 7) is 2.72. The van der Waals surface area contributed by atoms with Crippen molar-refractivity contribution >= 4 is 46.2 Å². The molecule has 1 N–H and O–H groups in total. The number of nitro benzene ring substituents is 2. The Morgan fingerprint density at radius 2 is 1.78 bits per heavy atom. The number of nitrogens with zero attached hydrogens (tertiary/aromatic N) is 3. The van der Waals surface area contributed by atoms with Crippen LogP contribution in [0.1, 0.15) is 30.1 Å². The second-order valence-corrected chi connectivity index (χ2v) is 7.52. The van der Waals surface area contributed by atoms with E-state index in [4.69, 9.17) is 16.3 Å². The van der Waals surface area contributed by atoms with E-state index in [2.05, 4.69) is 5.32 Å². The van der Waals surface area contributed by atoms with Gasteiger partial charge in [0.05, 0.1) is 26.1 Å². The van der Waals surface area contributed by atoms with Gasteiger partial charge >= 0.3 is 5.97 Å². The number of nitrogens with one attached hydrogen (secondary N) is 1. The summed E-state index contributed by atoms with van der Waals surface area (Å²) in [5.74, 6) is -1.63. The van der Waals surface area contributed by atoms with Crippen LogP contribution in [-0.2, 0) is 9.53 Å². The van der Waals surface area contributed by atoms with Crippen LogP contribution in [0.5, 0.6) is 0 Å². The molecule has 1 amide bonds. The number of amides is 1. The molecule has 3 rings (SSSR count). The van der Waals surface area contributed by atoms with Crippen LogP contribution in [0.25, 0.3) is 0 Å². The van der Waals surface area contributed by atoms with Crippen molar-refractivity contribution in [3.8, 4) is 0 Å². The van der Waals surface area contributed by atoms with Gasteiger partial charge in [-0.3, -0.25) is 25.0 Å². The molecule has 1 aliphatic heterocycles. The molecule has 168 valence electrons. The van der Waals surface area contributed by atoms with Gasteiger partial charge in [0, 0.05) is 31.3 Å². The van der Waals surface area contributed by atoms with Crippen LogP contribution < -0.4 is 10.2 Å². The molecule has 2 aromatic carbocycles. The maximum Gasteiger partial charge on any atom is 0.339 e. The van der Waals surface area contributed by atoms with Crippen LogP contribution in [-0.4, -0.2) is 40.9 Å². The van der Waals surface area contributed by atoms with Crippen LogP contribution in [0.2, 0.25) is 5.02 Å². The third-order valence-electron chi connectivity index (χ3n) is 4.93. The lowest BCUT2D eigenvalue weighted by Crippen LogP contribution is -2.30. The zero-order valence-electron chi connectivity index (χ0n) is 16.9. The summed E-state index contributed by atoms with van der Waals surface area (Å²) in [6, 6.07) is 7.55. The summed E-state index contributed by atoms with van der Waals surface area (Å²) < 4.78 is 5.13. The summed E-state index contributed by atoms with van der Waals surface area (Å²) in [5.41, 5.74) is 0.0219. The Morgan fingerprint density at radius 3 is 2.38 bits per heavy atom. The van der Waals surface area contributed by atoms with Crippen molar-refractivity contribution in [3.63, 3.8) is 0 Å². The van der Waals surface area contributed by atoms with Gasteiger partial charge < -0.3 is 15.0 Å².